The van der Waals surface area contributed by atoms with Crippen molar-refractivity contribution < 1.29 is 41.4 Å². The third-order valence-electron chi connectivity index (χ3n) is 7.25. The topological polar surface area (TPSA) is 102 Å². The van der Waals surface area contributed by atoms with Crippen LogP contribution in [0.5, 0.6) is 6.01 Å². The molecule has 1 unspecified atom stereocenters. The number of hydrogen-bond acceptors (Lipinski definition) is 7. The Morgan fingerprint density at radius 3 is 2.44 bits per heavy atom. The van der Waals surface area contributed by atoms with E-state index in [4.69, 9.17) is 9.47 Å². The molecule has 2 aromatic carbocycles. The van der Waals surface area contributed by atoms with Gasteiger partial charge in [0.05, 0.1) is 7.11 Å². The first-order chi connectivity index (χ1) is 19.4. The molecule has 1 aromatic heterocycles. The van der Waals surface area contributed by atoms with Crippen molar-refractivity contribution in [1.29, 1.82) is 0 Å². The summed E-state index contributed by atoms with van der Waals surface area (Å²) in [4.78, 5) is 49.6. The van der Waals surface area contributed by atoms with Crippen LogP contribution in [0.3, 0.4) is 0 Å². The van der Waals surface area contributed by atoms with E-state index in [1.807, 2.05) is 0 Å². The van der Waals surface area contributed by atoms with Crippen molar-refractivity contribution in [2.24, 2.45) is 0 Å². The van der Waals surface area contributed by atoms with Crippen molar-refractivity contribution in [2.75, 3.05) is 20.4 Å². The molecule has 1 spiro atoms. The highest BCUT2D eigenvalue weighted by atomic mass is 19.4. The molecule has 1 aliphatic heterocycles. The van der Waals surface area contributed by atoms with Gasteiger partial charge in [-0.3, -0.25) is 14.4 Å². The molecule has 2 atom stereocenters. The van der Waals surface area contributed by atoms with Gasteiger partial charge in [0.1, 0.15) is 25.1 Å². The van der Waals surface area contributed by atoms with Crippen LogP contribution >= 0.6 is 0 Å². The van der Waals surface area contributed by atoms with Gasteiger partial charge in [-0.2, -0.15) is 13.2 Å². The SMILES string of the molecule is COc1ncc(-c2ccc3c(c2)CC(=O)[C@]32OCN(CC(=O)N(Cc3ccc(F)cc3)C(C)C(F)(F)F)C2=O)cn1. The number of hydrogen-bond donors (Lipinski definition) is 0. The van der Waals surface area contributed by atoms with Gasteiger partial charge >= 0.3 is 12.2 Å². The van der Waals surface area contributed by atoms with Gasteiger partial charge in [0.15, 0.2) is 5.78 Å². The molecule has 9 nitrogen and oxygen atoms in total. The molecule has 1 aliphatic carbocycles. The molecule has 1 saturated heterocycles. The van der Waals surface area contributed by atoms with E-state index in [0.29, 0.717) is 27.2 Å². The summed E-state index contributed by atoms with van der Waals surface area (Å²) in [5, 5.41) is 0. The lowest BCUT2D eigenvalue weighted by Gasteiger charge is -2.32. The van der Waals surface area contributed by atoms with E-state index in [0.717, 1.165) is 24.0 Å². The minimum Gasteiger partial charge on any atom is -0.467 e. The summed E-state index contributed by atoms with van der Waals surface area (Å²) in [5.74, 6) is -2.95. The molecule has 2 amide bonds. The van der Waals surface area contributed by atoms with E-state index in [1.54, 1.807) is 30.6 Å². The number of aromatic nitrogens is 2. The zero-order chi connectivity index (χ0) is 29.5. The summed E-state index contributed by atoms with van der Waals surface area (Å²) in [6.07, 6.45) is -1.78. The number of ether oxygens (including phenoxy) is 2. The van der Waals surface area contributed by atoms with Crippen LogP contribution in [0.25, 0.3) is 11.1 Å². The number of ketones is 1. The van der Waals surface area contributed by atoms with Crippen molar-refractivity contribution in [3.8, 4) is 17.1 Å². The van der Waals surface area contributed by atoms with Gasteiger partial charge in [0.2, 0.25) is 11.5 Å². The quantitative estimate of drug-likeness (QED) is 0.316. The number of fused-ring (bicyclic) bond motifs is 2. The molecule has 0 bridgehead atoms. The third kappa shape index (κ3) is 5.12. The second-order valence-corrected chi connectivity index (χ2v) is 9.75. The highest BCUT2D eigenvalue weighted by Gasteiger charge is 2.59. The summed E-state index contributed by atoms with van der Waals surface area (Å²) in [6, 6.07) is 7.66. The fourth-order valence-corrected chi connectivity index (χ4v) is 4.97. The number of nitrogens with zero attached hydrogens (tertiary/aromatic N) is 4. The highest BCUT2D eigenvalue weighted by Crippen LogP contribution is 2.43. The molecule has 3 aromatic rings. The lowest BCUT2D eigenvalue weighted by molar-refractivity contribution is -0.187. The Kier molecular flexibility index (Phi) is 7.24. The number of halogens is 4. The van der Waals surface area contributed by atoms with Crippen LogP contribution in [0.2, 0.25) is 0 Å². The van der Waals surface area contributed by atoms with Crippen molar-refractivity contribution in [3.63, 3.8) is 0 Å². The third-order valence-corrected chi connectivity index (χ3v) is 7.25. The first-order valence-corrected chi connectivity index (χ1v) is 12.5. The predicted octanol–water partition coefficient (Wildman–Crippen LogP) is 3.41. The Balaban J connectivity index is 1.37. The Bertz CT molecular complexity index is 1500. The van der Waals surface area contributed by atoms with Crippen LogP contribution < -0.4 is 4.74 Å². The molecule has 214 valence electrons. The highest BCUT2D eigenvalue weighted by molar-refractivity contribution is 6.15. The first kappa shape index (κ1) is 28.1. The van der Waals surface area contributed by atoms with Gasteiger partial charge in [-0.15, -0.1) is 0 Å². The second kappa shape index (κ2) is 10.5. The summed E-state index contributed by atoms with van der Waals surface area (Å²) >= 11 is 0. The number of benzene rings is 2. The molecule has 5 rings (SSSR count). The van der Waals surface area contributed by atoms with E-state index in [-0.39, 0.29) is 18.0 Å². The molecule has 1 fully saturated rings. The number of carbonyl (C=O) groups is 3. The second-order valence-electron chi connectivity index (χ2n) is 9.75. The zero-order valence-electron chi connectivity index (χ0n) is 21.9. The molecule has 13 heteroatoms. The van der Waals surface area contributed by atoms with Gasteiger partial charge in [0.25, 0.3) is 5.91 Å². The minimum atomic E-state index is -4.75. The standard InChI is InChI=1S/C28H24F4N4O5/c1-16(28(30,31)32)36(13-17-3-6-21(29)7-4-17)24(38)14-35-15-41-27(25(35)39)22-8-5-18(9-19(22)10-23(27)37)20-11-33-26(40-2)34-12-20/h3-9,11-12,16H,10,13-15H2,1-2H3/t16?,27-/m1/s1. The fraction of sp³-hybridized carbons (Fsp3) is 0.321. The largest absolute Gasteiger partial charge is 0.467 e. The fourth-order valence-electron chi connectivity index (χ4n) is 4.97. The van der Waals surface area contributed by atoms with E-state index >= 15 is 0 Å². The number of amides is 2. The van der Waals surface area contributed by atoms with Crippen LogP contribution in [0.1, 0.15) is 23.6 Å². The maximum atomic E-state index is 13.6. The Morgan fingerprint density at radius 1 is 1.12 bits per heavy atom. The van der Waals surface area contributed by atoms with Crippen LogP contribution in [0.4, 0.5) is 17.6 Å². The lowest BCUT2D eigenvalue weighted by atomic mass is 9.92. The number of methoxy groups -OCH3 is 1. The smallest absolute Gasteiger partial charge is 0.408 e. The number of carbonyl (C=O) groups excluding carboxylic acids is 3. The number of alkyl halides is 3. The molecular formula is C28H24F4N4O5. The normalized spacial score (nSPS) is 19.0. The monoisotopic (exact) mass is 572 g/mol. The van der Waals surface area contributed by atoms with Crippen LogP contribution in [-0.2, 0) is 37.7 Å². The molecular weight excluding hydrogens is 548 g/mol. The van der Waals surface area contributed by atoms with Gasteiger partial charge in [0, 0.05) is 36.5 Å². The van der Waals surface area contributed by atoms with Crippen molar-refractivity contribution in [3.05, 3.63) is 77.4 Å². The Labute approximate surface area is 231 Å². The van der Waals surface area contributed by atoms with E-state index < -0.39 is 61.1 Å². The summed E-state index contributed by atoms with van der Waals surface area (Å²) < 4.78 is 64.9. The Morgan fingerprint density at radius 2 is 1.80 bits per heavy atom. The first-order valence-electron chi connectivity index (χ1n) is 12.5. The molecule has 2 aliphatic rings. The van der Waals surface area contributed by atoms with Gasteiger partial charge < -0.3 is 19.3 Å². The van der Waals surface area contributed by atoms with Crippen molar-refractivity contribution in [2.45, 2.75) is 37.7 Å². The maximum absolute atomic E-state index is 13.6. The minimum absolute atomic E-state index is 0.116. The molecule has 2 heterocycles. The molecule has 41 heavy (non-hydrogen) atoms. The molecule has 0 N–H and O–H groups in total. The van der Waals surface area contributed by atoms with E-state index in [9.17, 15) is 31.9 Å². The zero-order valence-corrected chi connectivity index (χ0v) is 21.9. The molecule has 0 radical (unpaired) electrons. The average molecular weight is 573 g/mol. The Hall–Kier alpha value is -4.39. The number of Topliss-reactive ketones (excluding diaryl/α,β-unsaturated/α-hetero) is 1. The summed E-state index contributed by atoms with van der Waals surface area (Å²) in [6.45, 7) is -0.846. The van der Waals surface area contributed by atoms with Gasteiger partial charge in [-0.25, -0.2) is 14.4 Å². The van der Waals surface area contributed by atoms with Crippen LogP contribution in [-0.4, -0.2) is 70.0 Å². The van der Waals surface area contributed by atoms with Gasteiger partial charge in [-0.05, 0) is 35.7 Å². The van der Waals surface area contributed by atoms with Crippen LogP contribution in [0, 0.1) is 5.82 Å². The van der Waals surface area contributed by atoms with E-state index in [1.165, 1.54) is 19.2 Å². The molecule has 0 saturated carbocycles. The van der Waals surface area contributed by atoms with Crippen LogP contribution in [0.15, 0.2) is 54.9 Å². The number of rotatable bonds is 7. The maximum Gasteiger partial charge on any atom is 0.408 e. The summed E-state index contributed by atoms with van der Waals surface area (Å²) in [5.41, 5.74) is 0.469. The van der Waals surface area contributed by atoms with Crippen molar-refractivity contribution in [1.82, 2.24) is 19.8 Å². The average Bonchev–Trinajstić information content (AvgIpc) is 3.43. The van der Waals surface area contributed by atoms with Gasteiger partial charge in [-0.1, -0.05) is 30.3 Å². The van der Waals surface area contributed by atoms with E-state index in [2.05, 4.69) is 9.97 Å². The predicted molar refractivity (Wildman–Crippen MR) is 135 cm³/mol. The summed E-state index contributed by atoms with van der Waals surface area (Å²) in [7, 11) is 1.44. The van der Waals surface area contributed by atoms with Crippen molar-refractivity contribution >= 4 is 17.6 Å². The lowest BCUT2D eigenvalue weighted by Crippen LogP contribution is -2.51.